The van der Waals surface area contributed by atoms with Gasteiger partial charge in [0, 0.05) is 20.0 Å². The highest BCUT2D eigenvalue weighted by molar-refractivity contribution is 7.89. The molecular formula is C8H15N5O3S. The van der Waals surface area contributed by atoms with E-state index >= 15 is 0 Å². The molecule has 0 fully saturated rings. The van der Waals surface area contributed by atoms with Crippen LogP contribution in [0.5, 0.6) is 0 Å². The molecule has 1 amide bonds. The van der Waals surface area contributed by atoms with Crippen LogP contribution in [0.3, 0.4) is 0 Å². The van der Waals surface area contributed by atoms with Crippen molar-refractivity contribution in [1.82, 2.24) is 14.5 Å². The summed E-state index contributed by atoms with van der Waals surface area (Å²) in [4.78, 5) is 10.4. The summed E-state index contributed by atoms with van der Waals surface area (Å²) >= 11 is 0. The van der Waals surface area contributed by atoms with Gasteiger partial charge in [-0.25, -0.2) is 13.1 Å². The van der Waals surface area contributed by atoms with Gasteiger partial charge in [-0.2, -0.15) is 5.10 Å². The molecule has 0 saturated heterocycles. The van der Waals surface area contributed by atoms with Crippen LogP contribution in [0, 0.1) is 6.92 Å². The molecule has 0 aromatic carbocycles. The largest absolute Gasteiger partial charge is 0.381 e. The third kappa shape index (κ3) is 2.94. The van der Waals surface area contributed by atoms with Gasteiger partial charge in [0.15, 0.2) is 5.82 Å². The first-order valence-electron chi connectivity index (χ1n) is 4.82. The van der Waals surface area contributed by atoms with Crippen LogP contribution in [0.4, 0.5) is 5.82 Å². The van der Waals surface area contributed by atoms with Gasteiger partial charge in [-0.15, -0.1) is 0 Å². The van der Waals surface area contributed by atoms with Crippen molar-refractivity contribution >= 4 is 21.7 Å². The minimum atomic E-state index is -3.76. The summed E-state index contributed by atoms with van der Waals surface area (Å²) in [5, 5.41) is 3.80. The first-order chi connectivity index (χ1) is 7.75. The number of nitrogens with two attached hydrogens (primary N) is 2. The summed E-state index contributed by atoms with van der Waals surface area (Å²) in [6.45, 7) is 1.53. The highest BCUT2D eigenvalue weighted by Crippen LogP contribution is 2.20. The maximum Gasteiger partial charge on any atom is 0.246 e. The molecule has 0 bridgehead atoms. The molecule has 1 aromatic rings. The van der Waals surface area contributed by atoms with Gasteiger partial charge in [0.05, 0.1) is 5.69 Å². The normalized spacial score (nSPS) is 11.6. The van der Waals surface area contributed by atoms with Crippen LogP contribution >= 0.6 is 0 Å². The number of rotatable bonds is 5. The lowest BCUT2D eigenvalue weighted by Crippen LogP contribution is -2.28. The fourth-order valence-electron chi connectivity index (χ4n) is 1.33. The number of nitrogens with one attached hydrogen (secondary N) is 1. The monoisotopic (exact) mass is 261 g/mol. The molecule has 17 heavy (non-hydrogen) atoms. The van der Waals surface area contributed by atoms with E-state index in [1.54, 1.807) is 14.0 Å². The number of anilines is 1. The molecule has 0 aliphatic rings. The third-order valence-electron chi connectivity index (χ3n) is 2.24. The second-order valence-electron chi connectivity index (χ2n) is 3.54. The van der Waals surface area contributed by atoms with Crippen molar-refractivity contribution in [2.45, 2.75) is 18.2 Å². The summed E-state index contributed by atoms with van der Waals surface area (Å²) in [5.74, 6) is -0.653. The molecule has 0 atom stereocenters. The van der Waals surface area contributed by atoms with E-state index in [4.69, 9.17) is 11.5 Å². The Kier molecular flexibility index (Phi) is 3.73. The van der Waals surface area contributed by atoms with E-state index in [0.29, 0.717) is 5.69 Å². The number of amides is 1. The SMILES string of the molecule is Cc1c(S(=O)(=O)NCCC(N)=O)c(N)nn1C. The van der Waals surface area contributed by atoms with Crippen LogP contribution in [0.2, 0.25) is 0 Å². The molecule has 0 aliphatic carbocycles. The predicted octanol–water partition coefficient (Wildman–Crippen LogP) is -1.54. The predicted molar refractivity (Wildman–Crippen MR) is 61.4 cm³/mol. The number of nitrogen functional groups attached to an aromatic ring is 1. The number of hydrogen-bond donors (Lipinski definition) is 3. The Morgan fingerprint density at radius 2 is 2.12 bits per heavy atom. The zero-order chi connectivity index (χ0) is 13.2. The van der Waals surface area contributed by atoms with Crippen LogP contribution in [0.15, 0.2) is 4.90 Å². The quantitative estimate of drug-likeness (QED) is 0.591. The third-order valence-corrected chi connectivity index (χ3v) is 3.86. The topological polar surface area (TPSA) is 133 Å². The molecule has 0 radical (unpaired) electrons. The molecule has 9 heteroatoms. The Bertz CT molecular complexity index is 534. The van der Waals surface area contributed by atoms with Gasteiger partial charge in [0.1, 0.15) is 4.90 Å². The molecule has 0 unspecified atom stereocenters. The highest BCUT2D eigenvalue weighted by atomic mass is 32.2. The van der Waals surface area contributed by atoms with E-state index in [2.05, 4.69) is 9.82 Å². The summed E-state index contributed by atoms with van der Waals surface area (Å²) in [6, 6.07) is 0. The molecule has 0 saturated carbocycles. The lowest BCUT2D eigenvalue weighted by Gasteiger charge is -2.05. The fourth-order valence-corrected chi connectivity index (χ4v) is 2.68. The maximum atomic E-state index is 11.9. The zero-order valence-electron chi connectivity index (χ0n) is 9.60. The average molecular weight is 261 g/mol. The van der Waals surface area contributed by atoms with E-state index in [1.165, 1.54) is 4.68 Å². The number of carbonyl (C=O) groups is 1. The second-order valence-corrected chi connectivity index (χ2v) is 5.24. The van der Waals surface area contributed by atoms with Crippen molar-refractivity contribution in [3.63, 3.8) is 0 Å². The standard InChI is InChI=1S/C8H15N5O3S/c1-5-7(8(10)12-13(5)2)17(15,16)11-4-3-6(9)14/h11H,3-4H2,1-2H3,(H2,9,14)(H2,10,12). The van der Waals surface area contributed by atoms with E-state index in [9.17, 15) is 13.2 Å². The summed E-state index contributed by atoms with van der Waals surface area (Å²) in [6.07, 6.45) is -0.0710. The van der Waals surface area contributed by atoms with Gasteiger partial charge >= 0.3 is 0 Å². The molecule has 8 nitrogen and oxygen atoms in total. The van der Waals surface area contributed by atoms with Gasteiger partial charge in [-0.3, -0.25) is 9.48 Å². The van der Waals surface area contributed by atoms with Crippen molar-refractivity contribution in [2.24, 2.45) is 12.8 Å². The van der Waals surface area contributed by atoms with Crippen molar-refractivity contribution < 1.29 is 13.2 Å². The van der Waals surface area contributed by atoms with Crippen LogP contribution in [-0.2, 0) is 21.9 Å². The molecule has 1 rings (SSSR count). The number of sulfonamides is 1. The van der Waals surface area contributed by atoms with Crippen LogP contribution in [0.25, 0.3) is 0 Å². The lowest BCUT2D eigenvalue weighted by atomic mass is 10.4. The van der Waals surface area contributed by atoms with Gasteiger partial charge < -0.3 is 11.5 Å². The number of hydrogen-bond acceptors (Lipinski definition) is 5. The average Bonchev–Trinajstić information content (AvgIpc) is 2.40. The van der Waals surface area contributed by atoms with Gasteiger partial charge in [-0.05, 0) is 6.92 Å². The molecule has 96 valence electrons. The minimum absolute atomic E-state index is 0.0640. The Labute approximate surface area is 99.0 Å². The first kappa shape index (κ1) is 13.5. The van der Waals surface area contributed by atoms with Crippen LogP contribution < -0.4 is 16.2 Å². The number of primary amides is 1. The van der Waals surface area contributed by atoms with Crippen LogP contribution in [0.1, 0.15) is 12.1 Å². The first-order valence-corrected chi connectivity index (χ1v) is 6.31. The maximum absolute atomic E-state index is 11.9. The number of aromatic nitrogens is 2. The van der Waals surface area contributed by atoms with Gasteiger partial charge in [0.2, 0.25) is 15.9 Å². The highest BCUT2D eigenvalue weighted by Gasteiger charge is 2.24. The summed E-state index contributed by atoms with van der Waals surface area (Å²) in [7, 11) is -2.17. The van der Waals surface area contributed by atoms with Crippen molar-refractivity contribution in [2.75, 3.05) is 12.3 Å². The van der Waals surface area contributed by atoms with E-state index < -0.39 is 15.9 Å². The summed E-state index contributed by atoms with van der Waals surface area (Å²) in [5.41, 5.74) is 10.9. The molecule has 0 spiro atoms. The Morgan fingerprint density at radius 3 is 2.53 bits per heavy atom. The summed E-state index contributed by atoms with van der Waals surface area (Å²) < 4.78 is 27.4. The van der Waals surface area contributed by atoms with Crippen molar-refractivity contribution in [1.29, 1.82) is 0 Å². The zero-order valence-corrected chi connectivity index (χ0v) is 10.4. The fraction of sp³-hybridized carbons (Fsp3) is 0.500. The molecule has 1 aromatic heterocycles. The second kappa shape index (κ2) is 4.72. The smallest absolute Gasteiger partial charge is 0.246 e. The van der Waals surface area contributed by atoms with E-state index in [1.807, 2.05) is 0 Å². The lowest BCUT2D eigenvalue weighted by molar-refractivity contribution is -0.117. The number of nitrogens with zero attached hydrogens (tertiary/aromatic N) is 2. The number of carbonyl (C=O) groups excluding carboxylic acids is 1. The van der Waals surface area contributed by atoms with Crippen molar-refractivity contribution in [3.8, 4) is 0 Å². The van der Waals surface area contributed by atoms with Gasteiger partial charge in [-0.1, -0.05) is 0 Å². The molecular weight excluding hydrogens is 246 g/mol. The molecule has 5 N–H and O–H groups in total. The van der Waals surface area contributed by atoms with E-state index in [-0.39, 0.29) is 23.7 Å². The molecule has 1 heterocycles. The Hall–Kier alpha value is -1.61. The Morgan fingerprint density at radius 1 is 1.53 bits per heavy atom. The van der Waals surface area contributed by atoms with Crippen molar-refractivity contribution in [3.05, 3.63) is 5.69 Å². The minimum Gasteiger partial charge on any atom is -0.381 e. The van der Waals surface area contributed by atoms with Crippen LogP contribution in [-0.4, -0.2) is 30.7 Å². The Balaban J connectivity index is 2.94. The van der Waals surface area contributed by atoms with Gasteiger partial charge in [0.25, 0.3) is 0 Å². The van der Waals surface area contributed by atoms with E-state index in [0.717, 1.165) is 0 Å². The number of aryl methyl sites for hydroxylation is 1. The molecule has 0 aliphatic heterocycles.